The number of ether oxygens (including phenoxy) is 2. The summed E-state index contributed by atoms with van der Waals surface area (Å²) < 4.78 is 11.4. The van der Waals surface area contributed by atoms with Gasteiger partial charge in [-0.15, -0.1) is 11.8 Å². The number of rotatable bonds is 9. The standard InChI is InChI=1S/C25H30N2O3S/c28-25(10-15-31-22-6-2-1-3-7-22)26-18-21(19-27-11-4-5-12-27)16-20-8-9-23-24(17-20)30-14-13-29-23/h1-3,6-9,17-18,21H,4-5,10-16,19H2/b26-18-. The van der Waals surface area contributed by atoms with E-state index in [2.05, 4.69) is 34.2 Å². The van der Waals surface area contributed by atoms with Gasteiger partial charge in [-0.2, -0.15) is 0 Å². The predicted octanol–water partition coefficient (Wildman–Crippen LogP) is 4.49. The van der Waals surface area contributed by atoms with Crippen molar-refractivity contribution in [2.75, 3.05) is 38.6 Å². The normalized spacial score (nSPS) is 17.2. The van der Waals surface area contributed by atoms with E-state index in [1.165, 1.54) is 23.3 Å². The molecule has 1 saturated heterocycles. The second-order valence-corrected chi connectivity index (χ2v) is 9.20. The monoisotopic (exact) mass is 438 g/mol. The fourth-order valence-corrected chi connectivity index (χ4v) is 4.87. The first-order valence-corrected chi connectivity index (χ1v) is 12.1. The maximum atomic E-state index is 12.4. The maximum Gasteiger partial charge on any atom is 0.246 e. The molecule has 164 valence electrons. The summed E-state index contributed by atoms with van der Waals surface area (Å²) in [5.41, 5.74) is 1.19. The predicted molar refractivity (Wildman–Crippen MR) is 126 cm³/mol. The molecule has 2 aromatic rings. The van der Waals surface area contributed by atoms with Crippen LogP contribution in [-0.4, -0.2) is 55.6 Å². The summed E-state index contributed by atoms with van der Waals surface area (Å²) in [5, 5.41) is 0. The Balaban J connectivity index is 1.34. The Kier molecular flexibility index (Phi) is 8.02. The lowest BCUT2D eigenvalue weighted by molar-refractivity contribution is -0.117. The van der Waals surface area contributed by atoms with Crippen LogP contribution in [0.4, 0.5) is 0 Å². The average molecular weight is 439 g/mol. The van der Waals surface area contributed by atoms with Crippen LogP contribution in [-0.2, 0) is 11.2 Å². The number of amides is 1. The molecule has 2 aromatic carbocycles. The summed E-state index contributed by atoms with van der Waals surface area (Å²) in [6, 6.07) is 16.3. The van der Waals surface area contributed by atoms with E-state index < -0.39 is 0 Å². The average Bonchev–Trinajstić information content (AvgIpc) is 3.31. The first-order valence-electron chi connectivity index (χ1n) is 11.1. The van der Waals surface area contributed by atoms with Crippen LogP contribution in [0.2, 0.25) is 0 Å². The summed E-state index contributed by atoms with van der Waals surface area (Å²) >= 11 is 1.70. The van der Waals surface area contributed by atoms with Gasteiger partial charge in [0.1, 0.15) is 13.2 Å². The second-order valence-electron chi connectivity index (χ2n) is 8.03. The molecule has 1 amide bonds. The van der Waals surface area contributed by atoms with Crippen LogP contribution in [0.5, 0.6) is 11.5 Å². The molecule has 0 spiro atoms. The van der Waals surface area contributed by atoms with Gasteiger partial charge in [-0.05, 0) is 62.2 Å². The summed E-state index contributed by atoms with van der Waals surface area (Å²) in [4.78, 5) is 20.3. The number of hydrogen-bond donors (Lipinski definition) is 0. The van der Waals surface area contributed by atoms with E-state index in [9.17, 15) is 4.79 Å². The van der Waals surface area contributed by atoms with Crippen molar-refractivity contribution in [3.8, 4) is 11.5 Å². The highest BCUT2D eigenvalue weighted by Crippen LogP contribution is 2.31. The molecule has 0 saturated carbocycles. The summed E-state index contributed by atoms with van der Waals surface area (Å²) in [6.07, 6.45) is 5.68. The SMILES string of the molecule is O=C(CCSc1ccccc1)/N=C\C(Cc1ccc2c(c1)OCCO2)CN1CCCC1. The fraction of sp³-hybridized carbons (Fsp3) is 0.440. The molecule has 0 bridgehead atoms. The van der Waals surface area contributed by atoms with Crippen molar-refractivity contribution in [3.05, 3.63) is 54.1 Å². The number of aliphatic imine (C=N–C) groups is 1. The van der Waals surface area contributed by atoms with Crippen molar-refractivity contribution < 1.29 is 14.3 Å². The van der Waals surface area contributed by atoms with Gasteiger partial charge in [0.15, 0.2) is 11.5 Å². The van der Waals surface area contributed by atoms with Gasteiger partial charge >= 0.3 is 0 Å². The van der Waals surface area contributed by atoms with E-state index in [0.29, 0.717) is 19.6 Å². The van der Waals surface area contributed by atoms with Crippen molar-refractivity contribution in [1.82, 2.24) is 4.90 Å². The quantitative estimate of drug-likeness (QED) is 0.426. The molecule has 1 unspecified atom stereocenters. The number of carbonyl (C=O) groups is 1. The zero-order chi connectivity index (χ0) is 21.3. The largest absolute Gasteiger partial charge is 0.486 e. The lowest BCUT2D eigenvalue weighted by atomic mass is 9.99. The van der Waals surface area contributed by atoms with E-state index in [1.54, 1.807) is 11.8 Å². The number of fused-ring (bicyclic) bond motifs is 1. The van der Waals surface area contributed by atoms with Crippen LogP contribution in [0.15, 0.2) is 58.4 Å². The van der Waals surface area contributed by atoms with Crippen LogP contribution < -0.4 is 9.47 Å². The van der Waals surface area contributed by atoms with E-state index in [4.69, 9.17) is 9.47 Å². The first kappa shape index (κ1) is 21.9. The topological polar surface area (TPSA) is 51.1 Å². The van der Waals surface area contributed by atoms with Gasteiger partial charge in [0, 0.05) is 35.7 Å². The second kappa shape index (κ2) is 11.3. The van der Waals surface area contributed by atoms with E-state index >= 15 is 0 Å². The van der Waals surface area contributed by atoms with Crippen LogP contribution in [0, 0.1) is 5.92 Å². The molecule has 4 rings (SSSR count). The minimum atomic E-state index is -0.0444. The fourth-order valence-electron chi connectivity index (χ4n) is 4.00. The molecular formula is C25H30N2O3S. The minimum absolute atomic E-state index is 0.0444. The molecule has 1 atom stereocenters. The van der Waals surface area contributed by atoms with Gasteiger partial charge in [-0.1, -0.05) is 24.3 Å². The van der Waals surface area contributed by atoms with Crippen LogP contribution >= 0.6 is 11.8 Å². The molecule has 2 aliphatic rings. The van der Waals surface area contributed by atoms with Crippen molar-refractivity contribution in [2.45, 2.75) is 30.6 Å². The number of carbonyl (C=O) groups excluding carboxylic acids is 1. The Bertz CT molecular complexity index is 882. The molecular weight excluding hydrogens is 408 g/mol. The van der Waals surface area contributed by atoms with Gasteiger partial charge in [0.2, 0.25) is 5.91 Å². The third-order valence-electron chi connectivity index (χ3n) is 5.55. The summed E-state index contributed by atoms with van der Waals surface area (Å²) in [6.45, 7) is 4.39. The number of nitrogens with zero attached hydrogens (tertiary/aromatic N) is 2. The minimum Gasteiger partial charge on any atom is -0.486 e. The summed E-state index contributed by atoms with van der Waals surface area (Å²) in [7, 11) is 0. The lowest BCUT2D eigenvalue weighted by Crippen LogP contribution is -2.29. The highest BCUT2D eigenvalue weighted by Gasteiger charge is 2.19. The van der Waals surface area contributed by atoms with Gasteiger partial charge in [-0.25, -0.2) is 4.99 Å². The van der Waals surface area contributed by atoms with E-state index in [-0.39, 0.29) is 11.8 Å². The van der Waals surface area contributed by atoms with Crippen molar-refractivity contribution in [1.29, 1.82) is 0 Å². The smallest absolute Gasteiger partial charge is 0.246 e. The van der Waals surface area contributed by atoms with E-state index in [1.807, 2.05) is 30.5 Å². The van der Waals surface area contributed by atoms with Crippen LogP contribution in [0.25, 0.3) is 0 Å². The number of likely N-dealkylation sites (tertiary alicyclic amines) is 1. The maximum absolute atomic E-state index is 12.4. The summed E-state index contributed by atoms with van der Waals surface area (Å²) in [5.74, 6) is 2.53. The molecule has 31 heavy (non-hydrogen) atoms. The van der Waals surface area contributed by atoms with Crippen LogP contribution in [0.1, 0.15) is 24.8 Å². The Morgan fingerprint density at radius 1 is 1.06 bits per heavy atom. The van der Waals surface area contributed by atoms with Crippen LogP contribution in [0.3, 0.4) is 0 Å². The highest BCUT2D eigenvalue weighted by molar-refractivity contribution is 7.99. The zero-order valence-corrected chi connectivity index (χ0v) is 18.7. The first-order chi connectivity index (χ1) is 15.3. The molecule has 5 nitrogen and oxygen atoms in total. The zero-order valence-electron chi connectivity index (χ0n) is 17.9. The lowest BCUT2D eigenvalue weighted by Gasteiger charge is -2.22. The Morgan fingerprint density at radius 3 is 2.65 bits per heavy atom. The molecule has 0 radical (unpaired) electrons. The molecule has 6 heteroatoms. The van der Waals surface area contributed by atoms with Gasteiger partial charge in [0.25, 0.3) is 0 Å². The number of benzene rings is 2. The third-order valence-corrected chi connectivity index (χ3v) is 6.57. The van der Waals surface area contributed by atoms with Crippen molar-refractivity contribution in [3.63, 3.8) is 0 Å². The number of thioether (sulfide) groups is 1. The Hall–Kier alpha value is -2.31. The third kappa shape index (κ3) is 6.84. The number of hydrogen-bond acceptors (Lipinski definition) is 5. The Morgan fingerprint density at radius 2 is 1.84 bits per heavy atom. The molecule has 0 aliphatic carbocycles. The molecule has 2 heterocycles. The molecule has 1 fully saturated rings. The molecule has 2 aliphatic heterocycles. The van der Waals surface area contributed by atoms with Gasteiger partial charge in [-0.3, -0.25) is 4.79 Å². The van der Waals surface area contributed by atoms with Gasteiger partial charge < -0.3 is 14.4 Å². The van der Waals surface area contributed by atoms with Gasteiger partial charge in [0.05, 0.1) is 0 Å². The Labute approximate surface area is 188 Å². The van der Waals surface area contributed by atoms with Crippen molar-refractivity contribution in [2.24, 2.45) is 10.9 Å². The van der Waals surface area contributed by atoms with E-state index in [0.717, 1.165) is 43.3 Å². The highest BCUT2D eigenvalue weighted by atomic mass is 32.2. The molecule has 0 N–H and O–H groups in total. The molecule has 0 aromatic heterocycles. The van der Waals surface area contributed by atoms with Crippen molar-refractivity contribution >= 4 is 23.9 Å².